The molecule has 0 aromatic heterocycles. The number of ether oxygens (including phenoxy) is 1. The maximum atomic E-state index is 14.3. The lowest BCUT2D eigenvalue weighted by Crippen LogP contribution is -2.62. The van der Waals surface area contributed by atoms with Gasteiger partial charge in [0.25, 0.3) is 5.91 Å². The number of carbonyl (C=O) groups excluding carboxylic acids is 2. The number of para-hydroxylation sites is 1. The Morgan fingerprint density at radius 1 is 1.04 bits per heavy atom. The molecule has 0 spiro atoms. The van der Waals surface area contributed by atoms with Crippen molar-refractivity contribution in [2.24, 2.45) is 34.8 Å². The number of likely N-dealkylation sites (N-methyl/N-ethyl adjacent to an activating group) is 1. The number of nitrogens with zero attached hydrogens (tertiary/aromatic N) is 3. The molecule has 3 aliphatic carbocycles. The van der Waals surface area contributed by atoms with Crippen LogP contribution in [-0.4, -0.2) is 111 Å². The van der Waals surface area contributed by atoms with Gasteiger partial charge >= 0.3 is 0 Å². The monoisotopic (exact) mass is 784 g/mol. The zero-order valence-electron chi connectivity index (χ0n) is 35.1. The molecular formula is C45H64N6O6. The maximum Gasteiger partial charge on any atom is 0.251 e. The van der Waals surface area contributed by atoms with Crippen molar-refractivity contribution < 1.29 is 29.4 Å². The van der Waals surface area contributed by atoms with E-state index in [0.29, 0.717) is 35.6 Å². The smallest absolute Gasteiger partial charge is 0.251 e. The third kappa shape index (κ3) is 8.72. The second-order valence-corrected chi connectivity index (χ2v) is 17.6. The van der Waals surface area contributed by atoms with Crippen LogP contribution in [-0.2, 0) is 16.2 Å². The number of hydrogen-bond donors (Lipinski definition) is 5. The normalized spacial score (nSPS) is 26.9. The average Bonchev–Trinajstić information content (AvgIpc) is 3.56. The van der Waals surface area contributed by atoms with Gasteiger partial charge in [-0.2, -0.15) is 5.06 Å². The van der Waals surface area contributed by atoms with E-state index in [1.54, 1.807) is 19.1 Å². The van der Waals surface area contributed by atoms with Crippen LogP contribution in [0.3, 0.4) is 0 Å². The number of nitrogens with two attached hydrogens (primary N) is 1. The summed E-state index contributed by atoms with van der Waals surface area (Å²) < 4.78 is 6.12. The first-order valence-corrected chi connectivity index (χ1v) is 20.3. The molecule has 3 aromatic rings. The van der Waals surface area contributed by atoms with Crippen LogP contribution in [0.15, 0.2) is 66.7 Å². The molecule has 310 valence electrons. The fourth-order valence-electron chi connectivity index (χ4n) is 9.78. The average molecular weight is 785 g/mol. The molecule has 3 saturated carbocycles. The number of aliphatic hydroxyl groups excluding tert-OH is 2. The lowest BCUT2D eigenvalue weighted by molar-refractivity contribution is -0.175. The number of hydroxylamine groups is 2. The minimum atomic E-state index is -0.916. The van der Waals surface area contributed by atoms with Crippen molar-refractivity contribution in [3.8, 4) is 16.9 Å². The number of nitrogens with one attached hydrogen (secondary N) is 2. The van der Waals surface area contributed by atoms with Crippen molar-refractivity contribution in [3.63, 3.8) is 0 Å². The highest BCUT2D eigenvalue weighted by molar-refractivity contribution is 5.97. The molecule has 0 radical (unpaired) electrons. The number of aliphatic hydroxyl groups is 2. The fourth-order valence-corrected chi connectivity index (χ4v) is 9.78. The second kappa shape index (κ2) is 17.4. The Morgan fingerprint density at radius 3 is 2.35 bits per heavy atom. The van der Waals surface area contributed by atoms with Crippen molar-refractivity contribution in [1.82, 2.24) is 20.6 Å². The SMILES string of the molecule is COc1c(CN2O[C@@H](CN)[C@@H]([C@H](C)O)[C@H]2C(=O)N[C@H]2C[C@H]3C[C@@H]([C@@H]2C)C3(C)C)cccc1-c1cc(C(=O)N[C@H](CN(C)C)[C@H](O)c2ccccc2)cc(N(C)C)c1. The van der Waals surface area contributed by atoms with Crippen molar-refractivity contribution in [1.29, 1.82) is 0 Å². The molecule has 4 aliphatic rings. The molecule has 6 N–H and O–H groups in total. The topological polar surface area (TPSA) is 153 Å². The van der Waals surface area contributed by atoms with Crippen LogP contribution >= 0.6 is 0 Å². The minimum absolute atomic E-state index is 0.0516. The number of carbonyl (C=O) groups is 2. The standard InChI is InChI=1S/C45H64N6O6/c1-26-35-21-32(45(35,3)4)22-36(26)47-44(55)40-39(27(2)52)38(23-46)57-51(40)24-29-16-13-17-34(42(29)56-9)30-18-31(20-33(19-30)50(7)8)43(54)48-37(25-49(5)6)41(53)28-14-11-10-12-15-28/h10-20,26-27,32,35-41,52-53H,21-25,46H2,1-9H3,(H,47,55)(H,48,54)/t26-,27-,32+,35-,36-,37+,38-,39+,40-,41+/m0/s1. The van der Waals surface area contributed by atoms with Crippen LogP contribution in [0.25, 0.3) is 11.1 Å². The summed E-state index contributed by atoms with van der Waals surface area (Å²) in [6, 6.07) is 19.5. The van der Waals surface area contributed by atoms with Gasteiger partial charge in [-0.1, -0.05) is 69.3 Å². The van der Waals surface area contributed by atoms with Crippen molar-refractivity contribution in [3.05, 3.63) is 83.4 Å². The largest absolute Gasteiger partial charge is 0.496 e. The van der Waals surface area contributed by atoms with Crippen molar-refractivity contribution in [2.75, 3.05) is 53.3 Å². The molecule has 12 heteroatoms. The zero-order chi connectivity index (χ0) is 41.3. The number of rotatable bonds is 15. The van der Waals surface area contributed by atoms with Gasteiger partial charge in [-0.05, 0) is 86.4 Å². The van der Waals surface area contributed by atoms with Gasteiger partial charge in [-0.25, -0.2) is 0 Å². The summed E-state index contributed by atoms with van der Waals surface area (Å²) in [5.41, 5.74) is 10.7. The molecule has 12 nitrogen and oxygen atoms in total. The van der Waals surface area contributed by atoms with E-state index in [-0.39, 0.29) is 36.4 Å². The van der Waals surface area contributed by atoms with Crippen molar-refractivity contribution in [2.45, 2.75) is 83.5 Å². The van der Waals surface area contributed by atoms with Crippen LogP contribution in [0, 0.1) is 29.1 Å². The predicted molar refractivity (Wildman–Crippen MR) is 223 cm³/mol. The van der Waals surface area contributed by atoms with E-state index in [9.17, 15) is 19.8 Å². The molecule has 1 aliphatic heterocycles. The van der Waals surface area contributed by atoms with Crippen LogP contribution in [0.4, 0.5) is 5.69 Å². The van der Waals surface area contributed by atoms with Gasteiger partial charge in [0.1, 0.15) is 17.9 Å². The Labute approximate surface area is 338 Å². The Hall–Kier alpha value is -4.04. The molecule has 57 heavy (non-hydrogen) atoms. The van der Waals surface area contributed by atoms with E-state index in [0.717, 1.165) is 34.4 Å². The maximum absolute atomic E-state index is 14.3. The lowest BCUT2D eigenvalue weighted by atomic mass is 9.45. The second-order valence-electron chi connectivity index (χ2n) is 17.6. The van der Waals surface area contributed by atoms with E-state index in [1.807, 2.05) is 105 Å². The van der Waals surface area contributed by atoms with Crippen LogP contribution < -0.4 is 26.0 Å². The third-order valence-electron chi connectivity index (χ3n) is 13.1. The van der Waals surface area contributed by atoms with Crippen LogP contribution in [0.5, 0.6) is 5.75 Å². The molecule has 3 aromatic carbocycles. The van der Waals surface area contributed by atoms with E-state index < -0.39 is 36.3 Å². The number of fused-ring (bicyclic) bond motifs is 2. The summed E-state index contributed by atoms with van der Waals surface area (Å²) in [6.45, 7) is 9.39. The molecule has 10 atom stereocenters. The number of hydrogen-bond acceptors (Lipinski definition) is 10. The first kappa shape index (κ1) is 42.6. The van der Waals surface area contributed by atoms with Gasteiger partial charge in [-0.3, -0.25) is 14.4 Å². The first-order chi connectivity index (χ1) is 27.0. The third-order valence-corrected chi connectivity index (χ3v) is 13.1. The van der Waals surface area contributed by atoms with E-state index in [2.05, 4.69) is 31.4 Å². The molecule has 4 fully saturated rings. The molecule has 2 amide bonds. The Bertz CT molecular complexity index is 1870. The van der Waals surface area contributed by atoms with E-state index >= 15 is 0 Å². The number of anilines is 1. The summed E-state index contributed by atoms with van der Waals surface area (Å²) in [7, 11) is 9.26. The van der Waals surface area contributed by atoms with Gasteiger partial charge in [0.2, 0.25) is 5.91 Å². The van der Waals surface area contributed by atoms with Gasteiger partial charge in [0.15, 0.2) is 0 Å². The Balaban J connectivity index is 1.29. The predicted octanol–water partition coefficient (Wildman–Crippen LogP) is 4.45. The summed E-state index contributed by atoms with van der Waals surface area (Å²) in [5.74, 6) is 1.03. The quantitative estimate of drug-likeness (QED) is 0.150. The molecule has 2 bridgehead atoms. The highest BCUT2D eigenvalue weighted by atomic mass is 16.7. The summed E-state index contributed by atoms with van der Waals surface area (Å²) in [5, 5.41) is 30.5. The van der Waals surface area contributed by atoms with Gasteiger partial charge in [-0.15, -0.1) is 0 Å². The lowest BCUT2D eigenvalue weighted by Gasteiger charge is -2.62. The highest BCUT2D eigenvalue weighted by Crippen LogP contribution is 2.61. The Kier molecular flexibility index (Phi) is 13.0. The van der Waals surface area contributed by atoms with Crippen molar-refractivity contribution >= 4 is 17.5 Å². The molecule has 1 heterocycles. The molecule has 7 rings (SSSR count). The molecule has 1 saturated heterocycles. The fraction of sp³-hybridized carbons (Fsp3) is 0.556. The number of benzene rings is 3. The van der Waals surface area contributed by atoms with Crippen LogP contribution in [0.1, 0.15) is 68.1 Å². The zero-order valence-corrected chi connectivity index (χ0v) is 35.1. The summed E-state index contributed by atoms with van der Waals surface area (Å²) in [6.07, 6.45) is -0.164. The van der Waals surface area contributed by atoms with Gasteiger partial charge < -0.3 is 41.1 Å². The number of methoxy groups -OCH3 is 1. The van der Waals surface area contributed by atoms with E-state index in [1.165, 1.54) is 6.42 Å². The molecular weight excluding hydrogens is 721 g/mol. The van der Waals surface area contributed by atoms with E-state index in [4.69, 9.17) is 15.3 Å². The highest BCUT2D eigenvalue weighted by Gasteiger charge is 2.57. The Morgan fingerprint density at radius 2 is 1.75 bits per heavy atom. The molecule has 0 unspecified atom stereocenters. The summed E-state index contributed by atoms with van der Waals surface area (Å²) in [4.78, 5) is 38.7. The first-order valence-electron chi connectivity index (χ1n) is 20.3. The summed E-state index contributed by atoms with van der Waals surface area (Å²) >= 11 is 0. The number of amides is 2. The van der Waals surface area contributed by atoms with Crippen LogP contribution in [0.2, 0.25) is 0 Å². The minimum Gasteiger partial charge on any atom is -0.496 e. The van der Waals surface area contributed by atoms with Gasteiger partial charge in [0, 0.05) is 61.5 Å². The van der Waals surface area contributed by atoms with Gasteiger partial charge in [0.05, 0.1) is 31.9 Å².